The van der Waals surface area contributed by atoms with Crippen LogP contribution in [0.5, 0.6) is 0 Å². The lowest BCUT2D eigenvalue weighted by Crippen LogP contribution is -2.64. The molecule has 0 bridgehead atoms. The molecular formula is C7H6F10O. The molecular weight excluding hydrogens is 290 g/mol. The molecule has 0 aromatic heterocycles. The fourth-order valence-corrected chi connectivity index (χ4v) is 0.781. The van der Waals surface area contributed by atoms with E-state index >= 15 is 0 Å². The van der Waals surface area contributed by atoms with Gasteiger partial charge >= 0.3 is 18.6 Å². The zero-order valence-corrected chi connectivity index (χ0v) is 8.69. The number of alkyl halides is 10. The van der Waals surface area contributed by atoms with Crippen molar-refractivity contribution in [2.75, 3.05) is 0 Å². The van der Waals surface area contributed by atoms with E-state index in [0.29, 0.717) is 0 Å². The number of hydrogen-bond acceptors (Lipinski definition) is 1. The molecule has 0 N–H and O–H groups in total. The Morgan fingerprint density at radius 2 is 0.944 bits per heavy atom. The smallest absolute Gasteiger partial charge is 0.230 e. The fourth-order valence-electron chi connectivity index (χ4n) is 0.781. The van der Waals surface area contributed by atoms with E-state index in [2.05, 4.69) is 0 Å². The van der Waals surface area contributed by atoms with Crippen LogP contribution in [-0.2, 0) is 4.74 Å². The SMILES string of the molecule is CC(F)(C(F)(F)F)C(C)(F)C(F)(F)OC(F)(F)F. The Morgan fingerprint density at radius 1 is 0.611 bits per heavy atom. The summed E-state index contributed by atoms with van der Waals surface area (Å²) >= 11 is 0. The summed E-state index contributed by atoms with van der Waals surface area (Å²) < 4.78 is 124. The first-order valence-electron chi connectivity index (χ1n) is 4.05. The summed E-state index contributed by atoms with van der Waals surface area (Å²) in [4.78, 5) is 0. The summed E-state index contributed by atoms with van der Waals surface area (Å²) in [6.07, 6.45) is -18.4. The first kappa shape index (κ1) is 17.3. The quantitative estimate of drug-likeness (QED) is 0.711. The van der Waals surface area contributed by atoms with Gasteiger partial charge in [-0.3, -0.25) is 0 Å². The van der Waals surface area contributed by atoms with Crippen LogP contribution in [0.15, 0.2) is 0 Å². The maximum absolute atomic E-state index is 13.2. The second-order valence-electron chi connectivity index (χ2n) is 3.57. The topological polar surface area (TPSA) is 9.23 Å². The van der Waals surface area contributed by atoms with Gasteiger partial charge in [-0.05, 0) is 13.8 Å². The Bertz CT molecular complexity index is 298. The van der Waals surface area contributed by atoms with Gasteiger partial charge in [-0.1, -0.05) is 0 Å². The van der Waals surface area contributed by atoms with Gasteiger partial charge in [0, 0.05) is 0 Å². The van der Waals surface area contributed by atoms with Gasteiger partial charge in [-0.15, -0.1) is 13.2 Å². The average molecular weight is 296 g/mol. The van der Waals surface area contributed by atoms with Crippen molar-refractivity contribution in [2.45, 2.75) is 43.8 Å². The van der Waals surface area contributed by atoms with E-state index in [0.717, 1.165) is 0 Å². The lowest BCUT2D eigenvalue weighted by atomic mass is 9.87. The molecule has 110 valence electrons. The van der Waals surface area contributed by atoms with Gasteiger partial charge in [0.25, 0.3) is 0 Å². The molecule has 0 aromatic rings. The highest BCUT2D eigenvalue weighted by Gasteiger charge is 2.76. The van der Waals surface area contributed by atoms with Gasteiger partial charge in [-0.25, -0.2) is 13.5 Å². The van der Waals surface area contributed by atoms with Crippen LogP contribution in [0.2, 0.25) is 0 Å². The van der Waals surface area contributed by atoms with Crippen LogP contribution in [-0.4, -0.2) is 30.0 Å². The molecule has 0 aliphatic carbocycles. The summed E-state index contributed by atoms with van der Waals surface area (Å²) in [6, 6.07) is 0. The molecule has 0 spiro atoms. The number of rotatable bonds is 3. The van der Waals surface area contributed by atoms with Crippen molar-refractivity contribution in [2.24, 2.45) is 0 Å². The Hall–Kier alpha value is -0.740. The van der Waals surface area contributed by atoms with Crippen LogP contribution in [0.25, 0.3) is 0 Å². The van der Waals surface area contributed by atoms with Crippen molar-refractivity contribution < 1.29 is 48.6 Å². The molecule has 1 nitrogen and oxygen atoms in total. The van der Waals surface area contributed by atoms with E-state index in [1.54, 1.807) is 0 Å². The minimum atomic E-state index is -6.16. The van der Waals surface area contributed by atoms with Crippen LogP contribution in [0.3, 0.4) is 0 Å². The van der Waals surface area contributed by atoms with Gasteiger partial charge in [0.05, 0.1) is 0 Å². The summed E-state index contributed by atoms with van der Waals surface area (Å²) in [6.45, 7) is -1.33. The standard InChI is InChI=1S/C7H6F10O/c1-3(8,5(10,11)12)4(2,9)6(13,14)18-7(15,16)17/h1-2H3. The Balaban J connectivity index is 5.50. The number of ether oxygens (including phenoxy) is 1. The largest absolute Gasteiger partial charge is 0.527 e. The number of halogens is 10. The molecule has 0 heterocycles. The van der Waals surface area contributed by atoms with Gasteiger partial charge in [0.1, 0.15) is 0 Å². The van der Waals surface area contributed by atoms with Gasteiger partial charge in [0.15, 0.2) is 0 Å². The highest BCUT2D eigenvalue weighted by Crippen LogP contribution is 2.52. The molecule has 18 heavy (non-hydrogen) atoms. The maximum Gasteiger partial charge on any atom is 0.527 e. The molecule has 0 aliphatic rings. The monoisotopic (exact) mass is 296 g/mol. The molecule has 0 radical (unpaired) electrons. The molecule has 0 saturated carbocycles. The Kier molecular flexibility index (Phi) is 3.97. The zero-order valence-electron chi connectivity index (χ0n) is 8.69. The lowest BCUT2D eigenvalue weighted by molar-refractivity contribution is -0.466. The second kappa shape index (κ2) is 4.14. The third-order valence-electron chi connectivity index (χ3n) is 2.20. The van der Waals surface area contributed by atoms with Crippen molar-refractivity contribution in [3.05, 3.63) is 0 Å². The van der Waals surface area contributed by atoms with Crippen LogP contribution in [0.4, 0.5) is 43.9 Å². The van der Waals surface area contributed by atoms with Crippen LogP contribution in [0, 0.1) is 0 Å². The number of hydrogen-bond donors (Lipinski definition) is 0. The molecule has 0 saturated heterocycles. The first-order chi connectivity index (χ1) is 7.46. The van der Waals surface area contributed by atoms with E-state index in [-0.39, 0.29) is 0 Å². The minimum absolute atomic E-state index is 0.652. The zero-order chi connectivity index (χ0) is 15.2. The van der Waals surface area contributed by atoms with E-state index in [1.807, 2.05) is 4.74 Å². The van der Waals surface area contributed by atoms with Crippen LogP contribution in [0.1, 0.15) is 13.8 Å². The molecule has 11 heteroatoms. The van der Waals surface area contributed by atoms with Crippen LogP contribution >= 0.6 is 0 Å². The lowest BCUT2D eigenvalue weighted by Gasteiger charge is -2.39. The predicted molar refractivity (Wildman–Crippen MR) is 37.2 cm³/mol. The third-order valence-corrected chi connectivity index (χ3v) is 2.20. The second-order valence-corrected chi connectivity index (χ2v) is 3.57. The summed E-state index contributed by atoms with van der Waals surface area (Å²) in [7, 11) is 0. The summed E-state index contributed by atoms with van der Waals surface area (Å²) in [5, 5.41) is 0. The van der Waals surface area contributed by atoms with E-state index in [9.17, 15) is 43.9 Å². The highest BCUT2D eigenvalue weighted by molar-refractivity contribution is 5.04. The minimum Gasteiger partial charge on any atom is -0.230 e. The van der Waals surface area contributed by atoms with Gasteiger partial charge in [-0.2, -0.15) is 22.0 Å². The van der Waals surface area contributed by atoms with Crippen molar-refractivity contribution in [1.29, 1.82) is 0 Å². The summed E-state index contributed by atoms with van der Waals surface area (Å²) in [5.41, 5.74) is -10.5. The maximum atomic E-state index is 13.2. The fraction of sp³-hybridized carbons (Fsp3) is 1.00. The molecule has 0 aromatic carbocycles. The molecule has 0 aliphatic heterocycles. The average Bonchev–Trinajstić information content (AvgIpc) is 1.95. The van der Waals surface area contributed by atoms with Crippen molar-refractivity contribution in [1.82, 2.24) is 0 Å². The Morgan fingerprint density at radius 3 is 1.17 bits per heavy atom. The van der Waals surface area contributed by atoms with E-state index in [1.165, 1.54) is 0 Å². The van der Waals surface area contributed by atoms with Crippen molar-refractivity contribution >= 4 is 0 Å². The molecule has 0 rings (SSSR count). The highest BCUT2D eigenvalue weighted by atomic mass is 19.4. The molecule has 0 amide bonds. The normalized spacial score (nSPS) is 21.3. The van der Waals surface area contributed by atoms with Gasteiger partial charge < -0.3 is 0 Å². The predicted octanol–water partition coefficient (Wildman–Crippen LogP) is 4.13. The molecule has 2 unspecified atom stereocenters. The molecule has 2 atom stereocenters. The van der Waals surface area contributed by atoms with Gasteiger partial charge in [0.2, 0.25) is 11.3 Å². The molecule has 0 fully saturated rings. The van der Waals surface area contributed by atoms with Crippen molar-refractivity contribution in [3.63, 3.8) is 0 Å². The third kappa shape index (κ3) is 2.98. The van der Waals surface area contributed by atoms with Crippen LogP contribution < -0.4 is 0 Å². The van der Waals surface area contributed by atoms with E-state index in [4.69, 9.17) is 0 Å². The van der Waals surface area contributed by atoms with E-state index < -0.39 is 43.8 Å². The summed E-state index contributed by atoms with van der Waals surface area (Å²) in [5.74, 6) is 0. The van der Waals surface area contributed by atoms with Crippen molar-refractivity contribution in [3.8, 4) is 0 Å². The first-order valence-corrected chi connectivity index (χ1v) is 4.05. The Labute approximate surface area is 93.7 Å².